The van der Waals surface area contributed by atoms with Crippen LogP contribution < -0.4 is 10.1 Å². The first-order valence-corrected chi connectivity index (χ1v) is 6.98. The highest BCUT2D eigenvalue weighted by Crippen LogP contribution is 2.29. The Hall–Kier alpha value is -2.11. The van der Waals surface area contributed by atoms with Crippen LogP contribution in [0.5, 0.6) is 11.5 Å². The summed E-state index contributed by atoms with van der Waals surface area (Å²) >= 11 is 0. The molecule has 0 spiro atoms. The zero-order valence-corrected chi connectivity index (χ0v) is 12.6. The van der Waals surface area contributed by atoms with E-state index < -0.39 is 5.60 Å². The maximum atomic E-state index is 12.9. The fourth-order valence-electron chi connectivity index (χ4n) is 2.23. The van der Waals surface area contributed by atoms with E-state index >= 15 is 0 Å². The van der Waals surface area contributed by atoms with Crippen molar-refractivity contribution >= 4 is 0 Å². The predicted octanol–water partition coefficient (Wildman–Crippen LogP) is 2.54. The van der Waals surface area contributed by atoms with Gasteiger partial charge in [0.25, 0.3) is 0 Å². The molecule has 0 saturated heterocycles. The first kappa shape index (κ1) is 16.3. The van der Waals surface area contributed by atoms with Crippen LogP contribution in [0.3, 0.4) is 0 Å². The molecule has 0 radical (unpaired) electrons. The Kier molecular flexibility index (Phi) is 5.00. The van der Waals surface area contributed by atoms with Gasteiger partial charge in [0.15, 0.2) is 11.5 Å². The number of para-hydroxylation sites is 1. The van der Waals surface area contributed by atoms with Gasteiger partial charge in [0, 0.05) is 18.7 Å². The van der Waals surface area contributed by atoms with Gasteiger partial charge in [-0.15, -0.1) is 0 Å². The average molecular weight is 305 g/mol. The van der Waals surface area contributed by atoms with Crippen molar-refractivity contribution in [2.24, 2.45) is 0 Å². The Labute approximate surface area is 129 Å². The SMILES string of the molecule is COc1cccc(CNCC(C)(O)c2ccc(F)cc2)c1O. The van der Waals surface area contributed by atoms with Crippen molar-refractivity contribution < 1.29 is 19.3 Å². The molecular weight excluding hydrogens is 285 g/mol. The van der Waals surface area contributed by atoms with Crippen molar-refractivity contribution in [3.05, 3.63) is 59.4 Å². The van der Waals surface area contributed by atoms with E-state index in [2.05, 4.69) is 5.32 Å². The van der Waals surface area contributed by atoms with Crippen molar-refractivity contribution in [1.82, 2.24) is 5.32 Å². The zero-order chi connectivity index (χ0) is 16.2. The first-order chi connectivity index (χ1) is 10.4. The molecule has 4 nitrogen and oxygen atoms in total. The molecule has 1 atom stereocenters. The third kappa shape index (κ3) is 3.75. The zero-order valence-electron chi connectivity index (χ0n) is 12.6. The molecule has 2 rings (SSSR count). The number of methoxy groups -OCH3 is 1. The van der Waals surface area contributed by atoms with Crippen molar-refractivity contribution in [1.29, 1.82) is 0 Å². The molecule has 1 unspecified atom stereocenters. The van der Waals surface area contributed by atoms with E-state index in [1.165, 1.54) is 19.2 Å². The molecule has 5 heteroatoms. The van der Waals surface area contributed by atoms with Crippen LogP contribution in [0.15, 0.2) is 42.5 Å². The second kappa shape index (κ2) is 6.77. The smallest absolute Gasteiger partial charge is 0.162 e. The molecule has 2 aromatic rings. The number of ether oxygens (including phenoxy) is 1. The number of aromatic hydroxyl groups is 1. The summed E-state index contributed by atoms with van der Waals surface area (Å²) in [5, 5.41) is 23.5. The number of nitrogens with one attached hydrogen (secondary N) is 1. The van der Waals surface area contributed by atoms with Crippen LogP contribution in [0.25, 0.3) is 0 Å². The van der Waals surface area contributed by atoms with Gasteiger partial charge in [0.1, 0.15) is 5.82 Å². The summed E-state index contributed by atoms with van der Waals surface area (Å²) < 4.78 is 18.0. The molecule has 2 aromatic carbocycles. The van der Waals surface area contributed by atoms with Crippen molar-refractivity contribution in [2.75, 3.05) is 13.7 Å². The van der Waals surface area contributed by atoms with Gasteiger partial charge in [-0.05, 0) is 30.7 Å². The van der Waals surface area contributed by atoms with Gasteiger partial charge in [-0.25, -0.2) is 4.39 Å². The van der Waals surface area contributed by atoms with Gasteiger partial charge in [-0.1, -0.05) is 24.3 Å². The number of aliphatic hydroxyl groups is 1. The Bertz CT molecular complexity index is 626. The molecule has 0 saturated carbocycles. The van der Waals surface area contributed by atoms with Crippen LogP contribution in [0.1, 0.15) is 18.1 Å². The minimum Gasteiger partial charge on any atom is -0.504 e. The molecule has 0 heterocycles. The number of benzene rings is 2. The van der Waals surface area contributed by atoms with Crippen LogP contribution in [-0.2, 0) is 12.1 Å². The van der Waals surface area contributed by atoms with E-state index in [0.717, 1.165) is 0 Å². The molecule has 0 bridgehead atoms. The summed E-state index contributed by atoms with van der Waals surface area (Å²) in [7, 11) is 1.49. The maximum Gasteiger partial charge on any atom is 0.162 e. The monoisotopic (exact) mass is 305 g/mol. The minimum absolute atomic E-state index is 0.0823. The second-order valence-corrected chi connectivity index (χ2v) is 5.35. The normalized spacial score (nSPS) is 13.6. The molecular formula is C17H20FNO3. The number of hydrogen-bond donors (Lipinski definition) is 3. The lowest BCUT2D eigenvalue weighted by Gasteiger charge is -2.24. The summed E-state index contributed by atoms with van der Waals surface area (Å²) in [5.74, 6) is 0.150. The summed E-state index contributed by atoms with van der Waals surface area (Å²) in [5.41, 5.74) is 0.160. The van der Waals surface area contributed by atoms with Crippen LogP contribution in [-0.4, -0.2) is 23.9 Å². The van der Waals surface area contributed by atoms with Crippen LogP contribution in [0.2, 0.25) is 0 Å². The number of phenolic OH excluding ortho intramolecular Hbond substituents is 1. The molecule has 118 valence electrons. The Morgan fingerprint density at radius 2 is 1.86 bits per heavy atom. The maximum absolute atomic E-state index is 12.9. The quantitative estimate of drug-likeness (QED) is 0.767. The average Bonchev–Trinajstić information content (AvgIpc) is 2.49. The standard InChI is InChI=1S/C17H20FNO3/c1-17(21,13-6-8-14(18)9-7-13)11-19-10-12-4-3-5-15(22-2)16(12)20/h3-9,19-21H,10-11H2,1-2H3. The predicted molar refractivity (Wildman–Crippen MR) is 82.3 cm³/mol. The lowest BCUT2D eigenvalue weighted by Crippen LogP contribution is -2.35. The Morgan fingerprint density at radius 3 is 2.50 bits per heavy atom. The van der Waals surface area contributed by atoms with Crippen molar-refractivity contribution in [3.63, 3.8) is 0 Å². The summed E-state index contributed by atoms with van der Waals surface area (Å²) in [6, 6.07) is 11.0. The van der Waals surface area contributed by atoms with E-state index in [0.29, 0.717) is 23.4 Å². The molecule has 0 amide bonds. The summed E-state index contributed by atoms with van der Waals surface area (Å²) in [6.45, 7) is 2.29. The highest BCUT2D eigenvalue weighted by Gasteiger charge is 2.22. The molecule has 22 heavy (non-hydrogen) atoms. The number of rotatable bonds is 6. The van der Waals surface area contributed by atoms with E-state index in [-0.39, 0.29) is 18.1 Å². The number of hydrogen-bond acceptors (Lipinski definition) is 4. The fraction of sp³-hybridized carbons (Fsp3) is 0.294. The number of halogens is 1. The third-order valence-corrected chi connectivity index (χ3v) is 3.55. The molecule has 0 aliphatic rings. The van der Waals surface area contributed by atoms with E-state index in [9.17, 15) is 14.6 Å². The summed E-state index contributed by atoms with van der Waals surface area (Å²) in [6.07, 6.45) is 0. The number of phenols is 1. The molecule has 0 aromatic heterocycles. The Morgan fingerprint density at radius 1 is 1.18 bits per heavy atom. The van der Waals surface area contributed by atoms with Gasteiger partial charge in [0.2, 0.25) is 0 Å². The Balaban J connectivity index is 1.99. The molecule has 0 aliphatic carbocycles. The van der Waals surface area contributed by atoms with Crippen LogP contribution in [0, 0.1) is 5.82 Å². The molecule has 0 aliphatic heterocycles. The third-order valence-electron chi connectivity index (χ3n) is 3.55. The molecule has 0 fully saturated rings. The van der Waals surface area contributed by atoms with Crippen LogP contribution >= 0.6 is 0 Å². The highest BCUT2D eigenvalue weighted by atomic mass is 19.1. The van der Waals surface area contributed by atoms with Crippen molar-refractivity contribution in [2.45, 2.75) is 19.1 Å². The topological polar surface area (TPSA) is 61.7 Å². The molecule has 3 N–H and O–H groups in total. The lowest BCUT2D eigenvalue weighted by atomic mass is 9.96. The van der Waals surface area contributed by atoms with E-state index in [1.54, 1.807) is 37.3 Å². The van der Waals surface area contributed by atoms with Gasteiger partial charge in [0.05, 0.1) is 12.7 Å². The van der Waals surface area contributed by atoms with Crippen molar-refractivity contribution in [3.8, 4) is 11.5 Å². The lowest BCUT2D eigenvalue weighted by molar-refractivity contribution is 0.0565. The van der Waals surface area contributed by atoms with Gasteiger partial charge >= 0.3 is 0 Å². The fourth-order valence-corrected chi connectivity index (χ4v) is 2.23. The van der Waals surface area contributed by atoms with Crippen LogP contribution in [0.4, 0.5) is 4.39 Å². The van der Waals surface area contributed by atoms with Gasteiger partial charge in [-0.2, -0.15) is 0 Å². The van der Waals surface area contributed by atoms with Gasteiger partial charge in [-0.3, -0.25) is 0 Å². The van der Waals surface area contributed by atoms with Gasteiger partial charge < -0.3 is 20.3 Å². The van der Waals surface area contributed by atoms with E-state index in [4.69, 9.17) is 4.74 Å². The largest absolute Gasteiger partial charge is 0.504 e. The highest BCUT2D eigenvalue weighted by molar-refractivity contribution is 5.45. The summed E-state index contributed by atoms with van der Waals surface area (Å²) in [4.78, 5) is 0. The minimum atomic E-state index is -1.14. The second-order valence-electron chi connectivity index (χ2n) is 5.35. The van der Waals surface area contributed by atoms with E-state index in [1.807, 2.05) is 0 Å². The first-order valence-electron chi connectivity index (χ1n) is 6.98.